The minimum atomic E-state index is 0.0712. The number of carbonyl (C=O) groups excluding carboxylic acids is 1. The molecule has 2 atom stereocenters. The van der Waals surface area contributed by atoms with Crippen LogP contribution in [-0.4, -0.2) is 66.7 Å². The first-order valence-corrected chi connectivity index (χ1v) is 11.8. The fourth-order valence-electron chi connectivity index (χ4n) is 4.54. The Morgan fingerprint density at radius 3 is 2.93 bits per heavy atom. The third-order valence-electron chi connectivity index (χ3n) is 6.18. The molecule has 0 aliphatic carbocycles. The summed E-state index contributed by atoms with van der Waals surface area (Å²) in [5.41, 5.74) is 0.663. The molecule has 2 bridgehead atoms. The molecule has 0 radical (unpaired) electrons. The number of carbonyl (C=O) groups is 1. The molecule has 1 amide bonds. The first-order chi connectivity index (χ1) is 14.7. The van der Waals surface area contributed by atoms with Crippen molar-refractivity contribution in [1.29, 1.82) is 0 Å². The van der Waals surface area contributed by atoms with Gasteiger partial charge in [-0.3, -0.25) is 9.69 Å². The number of hydrogen-bond acceptors (Lipinski definition) is 6. The zero-order valence-electron chi connectivity index (χ0n) is 17.7. The molecular weight excluding hydrogens is 398 g/mol. The highest BCUT2D eigenvalue weighted by Gasteiger charge is 2.32. The molecule has 2 aliphatic rings. The van der Waals surface area contributed by atoms with E-state index in [0.717, 1.165) is 63.4 Å². The average Bonchev–Trinajstić information content (AvgIpc) is 3.29. The van der Waals surface area contributed by atoms with E-state index in [1.807, 2.05) is 40.7 Å². The fourth-order valence-corrected chi connectivity index (χ4v) is 5.20. The monoisotopic (exact) mass is 429 g/mol. The van der Waals surface area contributed by atoms with Gasteiger partial charge in [-0.1, -0.05) is 18.6 Å². The SMILES string of the molecule is CO[C@H]1CCN2C[C@H]1CCCCN(Cc1nccs1)CCOc1ccccc1C2=O. The molecule has 30 heavy (non-hydrogen) atoms. The van der Waals surface area contributed by atoms with Crippen molar-refractivity contribution in [3.8, 4) is 5.75 Å². The Balaban J connectivity index is 1.53. The molecule has 0 saturated carbocycles. The van der Waals surface area contributed by atoms with Crippen LogP contribution in [0.15, 0.2) is 35.8 Å². The van der Waals surface area contributed by atoms with E-state index < -0.39 is 0 Å². The lowest BCUT2D eigenvalue weighted by Gasteiger charge is -2.38. The van der Waals surface area contributed by atoms with Crippen molar-refractivity contribution in [3.63, 3.8) is 0 Å². The lowest BCUT2D eigenvalue weighted by molar-refractivity contribution is -0.00702. The molecule has 2 aromatic rings. The van der Waals surface area contributed by atoms with Gasteiger partial charge >= 0.3 is 0 Å². The van der Waals surface area contributed by atoms with Gasteiger partial charge < -0.3 is 14.4 Å². The third kappa shape index (κ3) is 5.20. The highest BCUT2D eigenvalue weighted by atomic mass is 32.1. The Kier molecular flexibility index (Phi) is 7.36. The van der Waals surface area contributed by atoms with Crippen LogP contribution in [0.25, 0.3) is 0 Å². The number of rotatable bonds is 3. The van der Waals surface area contributed by atoms with Crippen LogP contribution in [0.4, 0.5) is 0 Å². The minimum Gasteiger partial charge on any atom is -0.491 e. The van der Waals surface area contributed by atoms with Crippen molar-refractivity contribution in [2.75, 3.05) is 39.9 Å². The number of amides is 1. The van der Waals surface area contributed by atoms with Crippen LogP contribution in [0.3, 0.4) is 0 Å². The summed E-state index contributed by atoms with van der Waals surface area (Å²) in [6.45, 7) is 4.75. The largest absolute Gasteiger partial charge is 0.491 e. The second-order valence-electron chi connectivity index (χ2n) is 8.12. The number of piperidine rings is 1. The zero-order valence-corrected chi connectivity index (χ0v) is 18.5. The molecule has 1 aromatic heterocycles. The van der Waals surface area contributed by atoms with Crippen molar-refractivity contribution in [2.45, 2.75) is 38.3 Å². The lowest BCUT2D eigenvalue weighted by atomic mass is 9.89. The third-order valence-corrected chi connectivity index (χ3v) is 6.94. The van der Waals surface area contributed by atoms with E-state index in [9.17, 15) is 4.79 Å². The van der Waals surface area contributed by atoms with E-state index in [-0.39, 0.29) is 12.0 Å². The summed E-state index contributed by atoms with van der Waals surface area (Å²) >= 11 is 1.70. The number of fused-ring (bicyclic) bond motifs is 3. The normalized spacial score (nSPS) is 24.0. The van der Waals surface area contributed by atoms with Gasteiger partial charge in [0.15, 0.2) is 0 Å². The summed E-state index contributed by atoms with van der Waals surface area (Å²) in [4.78, 5) is 22.1. The molecule has 0 spiro atoms. The number of hydrogen-bond donors (Lipinski definition) is 0. The molecule has 0 N–H and O–H groups in total. The molecular formula is C23H31N3O3S. The molecule has 4 rings (SSSR count). The molecule has 6 nitrogen and oxygen atoms in total. The Morgan fingerprint density at radius 2 is 2.10 bits per heavy atom. The van der Waals surface area contributed by atoms with E-state index in [0.29, 0.717) is 23.8 Å². The van der Waals surface area contributed by atoms with Crippen LogP contribution >= 0.6 is 11.3 Å². The first-order valence-electron chi connectivity index (χ1n) is 10.9. The summed E-state index contributed by atoms with van der Waals surface area (Å²) in [5.74, 6) is 1.14. The molecule has 0 unspecified atom stereocenters. The van der Waals surface area contributed by atoms with Crippen molar-refractivity contribution >= 4 is 17.2 Å². The van der Waals surface area contributed by atoms with Crippen LogP contribution in [0.2, 0.25) is 0 Å². The molecule has 2 aliphatic heterocycles. The smallest absolute Gasteiger partial charge is 0.257 e. The van der Waals surface area contributed by atoms with E-state index >= 15 is 0 Å². The van der Waals surface area contributed by atoms with Crippen LogP contribution in [0.1, 0.15) is 41.0 Å². The van der Waals surface area contributed by atoms with Crippen LogP contribution in [-0.2, 0) is 11.3 Å². The van der Waals surface area contributed by atoms with E-state index in [1.165, 1.54) is 0 Å². The van der Waals surface area contributed by atoms with Gasteiger partial charge in [-0.2, -0.15) is 0 Å². The first kappa shape index (κ1) is 21.3. The predicted octanol–water partition coefficient (Wildman–Crippen LogP) is 3.69. The predicted molar refractivity (Wildman–Crippen MR) is 118 cm³/mol. The number of methoxy groups -OCH3 is 1. The fraction of sp³-hybridized carbons (Fsp3) is 0.565. The van der Waals surface area contributed by atoms with Crippen LogP contribution in [0, 0.1) is 5.92 Å². The van der Waals surface area contributed by atoms with Gasteiger partial charge in [-0.15, -0.1) is 11.3 Å². The van der Waals surface area contributed by atoms with Gasteiger partial charge in [0.1, 0.15) is 17.4 Å². The van der Waals surface area contributed by atoms with Crippen molar-refractivity contribution in [2.24, 2.45) is 5.92 Å². The maximum atomic E-state index is 13.3. The summed E-state index contributed by atoms with van der Waals surface area (Å²) in [6, 6.07) is 7.64. The topological polar surface area (TPSA) is 54.9 Å². The zero-order chi connectivity index (χ0) is 20.8. The number of aromatic nitrogens is 1. The van der Waals surface area contributed by atoms with Gasteiger partial charge in [0.25, 0.3) is 5.91 Å². The highest BCUT2D eigenvalue weighted by Crippen LogP contribution is 2.28. The Morgan fingerprint density at radius 1 is 1.20 bits per heavy atom. The van der Waals surface area contributed by atoms with Gasteiger partial charge in [0.2, 0.25) is 0 Å². The lowest BCUT2D eigenvalue weighted by Crippen LogP contribution is -2.46. The Hall–Kier alpha value is -1.96. The summed E-state index contributed by atoms with van der Waals surface area (Å²) in [6.07, 6.45) is 6.35. The molecule has 1 aromatic carbocycles. The average molecular weight is 430 g/mol. The number of thiazole rings is 1. The maximum Gasteiger partial charge on any atom is 0.257 e. The number of ether oxygens (including phenoxy) is 2. The van der Waals surface area contributed by atoms with Crippen LogP contribution < -0.4 is 4.74 Å². The second kappa shape index (κ2) is 10.4. The van der Waals surface area contributed by atoms with E-state index in [4.69, 9.17) is 9.47 Å². The van der Waals surface area contributed by atoms with Gasteiger partial charge in [0, 0.05) is 44.2 Å². The van der Waals surface area contributed by atoms with Gasteiger partial charge in [-0.05, 0) is 37.9 Å². The molecule has 3 heterocycles. The second-order valence-corrected chi connectivity index (χ2v) is 9.10. The van der Waals surface area contributed by atoms with Crippen molar-refractivity contribution in [3.05, 3.63) is 46.4 Å². The number of nitrogens with zero attached hydrogens (tertiary/aromatic N) is 3. The van der Waals surface area contributed by atoms with E-state index in [1.54, 1.807) is 18.4 Å². The van der Waals surface area contributed by atoms with Gasteiger partial charge in [0.05, 0.1) is 18.2 Å². The number of benzene rings is 1. The minimum absolute atomic E-state index is 0.0712. The van der Waals surface area contributed by atoms with E-state index in [2.05, 4.69) is 9.88 Å². The Bertz CT molecular complexity index is 814. The highest BCUT2D eigenvalue weighted by molar-refractivity contribution is 7.09. The molecule has 7 heteroatoms. The van der Waals surface area contributed by atoms with Gasteiger partial charge in [-0.25, -0.2) is 4.98 Å². The summed E-state index contributed by atoms with van der Waals surface area (Å²) < 4.78 is 11.9. The maximum absolute atomic E-state index is 13.3. The Labute approximate surface area is 182 Å². The van der Waals surface area contributed by atoms with Crippen LogP contribution in [0.5, 0.6) is 5.75 Å². The summed E-state index contributed by atoms with van der Waals surface area (Å²) in [7, 11) is 1.80. The molecule has 162 valence electrons. The number of para-hydroxylation sites is 1. The van der Waals surface area contributed by atoms with Crippen molar-refractivity contribution in [1.82, 2.24) is 14.8 Å². The van der Waals surface area contributed by atoms with Crippen molar-refractivity contribution < 1.29 is 14.3 Å². The molecule has 1 fully saturated rings. The molecule has 1 saturated heterocycles. The summed E-state index contributed by atoms with van der Waals surface area (Å²) in [5, 5.41) is 3.16. The quantitative estimate of drug-likeness (QED) is 0.745. The standard InChI is InChI=1S/C23H31N3O3S/c1-28-20-9-12-26-16-18(20)6-4-5-11-25(17-22-24-10-15-30-22)13-14-29-21-8-3-2-7-19(21)23(26)27/h2-3,7-8,10,15,18,20H,4-6,9,11-14,16-17H2,1H3/t18-,20+/m1/s1.